The Hall–Kier alpha value is -1.68. The highest BCUT2D eigenvalue weighted by molar-refractivity contribution is 7.18. The Bertz CT molecular complexity index is 545. The number of nitrogens with one attached hydrogen (secondary N) is 1. The fraction of sp³-hybridized carbons (Fsp3) is 0.167. The first-order chi connectivity index (χ1) is 7.72. The molecule has 16 heavy (non-hydrogen) atoms. The summed E-state index contributed by atoms with van der Waals surface area (Å²) in [6, 6.07) is 5.71. The number of hydrogen-bond donors (Lipinski definition) is 1. The number of carbonyl (C=O) groups is 1. The van der Waals surface area contributed by atoms with Gasteiger partial charge in [-0.1, -0.05) is 13.5 Å². The minimum Gasteiger partial charge on any atom is -0.322 e. The van der Waals surface area contributed by atoms with Gasteiger partial charge in [-0.3, -0.25) is 4.79 Å². The van der Waals surface area contributed by atoms with E-state index in [1.165, 1.54) is 6.08 Å². The molecule has 82 valence electrons. The zero-order valence-electron chi connectivity index (χ0n) is 8.99. The van der Waals surface area contributed by atoms with Crippen molar-refractivity contribution in [3.8, 4) is 0 Å². The molecule has 2 aromatic rings. The van der Waals surface area contributed by atoms with Crippen LogP contribution in [0.4, 0.5) is 5.69 Å². The smallest absolute Gasteiger partial charge is 0.247 e. The molecule has 0 atom stereocenters. The van der Waals surface area contributed by atoms with Crippen molar-refractivity contribution in [3.63, 3.8) is 0 Å². The van der Waals surface area contributed by atoms with Gasteiger partial charge in [0.25, 0.3) is 0 Å². The van der Waals surface area contributed by atoms with Crippen LogP contribution in [-0.4, -0.2) is 10.9 Å². The lowest BCUT2D eigenvalue weighted by Crippen LogP contribution is -2.06. The van der Waals surface area contributed by atoms with Crippen molar-refractivity contribution < 1.29 is 4.79 Å². The van der Waals surface area contributed by atoms with Crippen molar-refractivity contribution in [2.45, 2.75) is 13.3 Å². The summed E-state index contributed by atoms with van der Waals surface area (Å²) in [4.78, 5) is 15.6. The predicted molar refractivity (Wildman–Crippen MR) is 67.8 cm³/mol. The molecule has 0 saturated carbocycles. The van der Waals surface area contributed by atoms with E-state index in [9.17, 15) is 4.79 Å². The molecular formula is C12H12N2OS. The number of carbonyl (C=O) groups excluding carboxylic acids is 1. The van der Waals surface area contributed by atoms with E-state index in [0.717, 1.165) is 27.3 Å². The summed E-state index contributed by atoms with van der Waals surface area (Å²) in [6.45, 7) is 5.50. The van der Waals surface area contributed by atoms with E-state index in [1.807, 2.05) is 18.2 Å². The van der Waals surface area contributed by atoms with Crippen LogP contribution in [0.1, 0.15) is 11.9 Å². The fourth-order valence-corrected chi connectivity index (χ4v) is 2.34. The molecule has 4 heteroatoms. The molecule has 0 unspecified atom stereocenters. The Morgan fingerprint density at radius 1 is 1.62 bits per heavy atom. The highest BCUT2D eigenvalue weighted by Gasteiger charge is 2.04. The van der Waals surface area contributed by atoms with Crippen LogP contribution >= 0.6 is 11.3 Å². The summed E-state index contributed by atoms with van der Waals surface area (Å²) >= 11 is 1.66. The average molecular weight is 232 g/mol. The highest BCUT2D eigenvalue weighted by Crippen LogP contribution is 2.25. The van der Waals surface area contributed by atoms with E-state index < -0.39 is 0 Å². The summed E-state index contributed by atoms with van der Waals surface area (Å²) in [6.07, 6.45) is 2.20. The minimum atomic E-state index is -0.195. The minimum absolute atomic E-state index is 0.195. The van der Waals surface area contributed by atoms with Crippen molar-refractivity contribution in [1.29, 1.82) is 0 Å². The van der Waals surface area contributed by atoms with E-state index >= 15 is 0 Å². The Balaban J connectivity index is 2.35. The van der Waals surface area contributed by atoms with Gasteiger partial charge in [0.1, 0.15) is 0 Å². The number of aromatic nitrogens is 1. The van der Waals surface area contributed by atoms with Gasteiger partial charge in [0, 0.05) is 5.69 Å². The van der Waals surface area contributed by atoms with Gasteiger partial charge >= 0.3 is 0 Å². The lowest BCUT2D eigenvalue weighted by Gasteiger charge is -2.00. The van der Waals surface area contributed by atoms with Gasteiger partial charge in [0.05, 0.1) is 15.2 Å². The maximum absolute atomic E-state index is 11.1. The average Bonchev–Trinajstić information content (AvgIpc) is 2.71. The molecule has 1 aromatic heterocycles. The van der Waals surface area contributed by atoms with E-state index in [0.29, 0.717) is 0 Å². The SMILES string of the molecule is C=CC(=O)Nc1ccc2nc(CC)sc2c1. The van der Waals surface area contributed by atoms with Crippen molar-refractivity contribution in [2.24, 2.45) is 0 Å². The summed E-state index contributed by atoms with van der Waals surface area (Å²) in [5, 5.41) is 3.85. The molecule has 1 heterocycles. The number of aryl methyl sites for hydroxylation is 1. The van der Waals surface area contributed by atoms with Crippen LogP contribution in [0, 0.1) is 0 Å². The fourth-order valence-electron chi connectivity index (χ4n) is 1.39. The number of hydrogen-bond acceptors (Lipinski definition) is 3. The van der Waals surface area contributed by atoms with Crippen molar-refractivity contribution in [3.05, 3.63) is 35.9 Å². The molecule has 0 bridgehead atoms. The van der Waals surface area contributed by atoms with Gasteiger partial charge in [-0.15, -0.1) is 11.3 Å². The summed E-state index contributed by atoms with van der Waals surface area (Å²) < 4.78 is 1.10. The first kappa shape index (κ1) is 10.8. The van der Waals surface area contributed by atoms with Crippen LogP contribution in [0.25, 0.3) is 10.2 Å². The van der Waals surface area contributed by atoms with Gasteiger partial charge in [-0.05, 0) is 30.7 Å². The second-order valence-electron chi connectivity index (χ2n) is 3.34. The Morgan fingerprint density at radius 2 is 2.44 bits per heavy atom. The number of amides is 1. The quantitative estimate of drug-likeness (QED) is 0.827. The molecule has 0 radical (unpaired) electrons. The largest absolute Gasteiger partial charge is 0.322 e. The van der Waals surface area contributed by atoms with Crippen molar-refractivity contribution in [1.82, 2.24) is 4.98 Å². The lowest BCUT2D eigenvalue weighted by molar-refractivity contribution is -0.111. The zero-order chi connectivity index (χ0) is 11.5. The second kappa shape index (κ2) is 4.45. The van der Waals surface area contributed by atoms with Crippen molar-refractivity contribution >= 4 is 33.1 Å². The maximum atomic E-state index is 11.1. The van der Waals surface area contributed by atoms with E-state index in [-0.39, 0.29) is 5.91 Å². The van der Waals surface area contributed by atoms with Gasteiger partial charge in [0.15, 0.2) is 0 Å². The van der Waals surface area contributed by atoms with Gasteiger partial charge < -0.3 is 5.32 Å². The predicted octanol–water partition coefficient (Wildman–Crippen LogP) is 2.98. The van der Waals surface area contributed by atoms with Gasteiger partial charge in [-0.25, -0.2) is 4.98 Å². The molecule has 0 saturated heterocycles. The molecule has 1 amide bonds. The van der Waals surface area contributed by atoms with Gasteiger partial charge in [-0.2, -0.15) is 0 Å². The standard InChI is InChI=1S/C12H12N2OS/c1-3-11(15)13-8-5-6-9-10(7-8)16-12(4-2)14-9/h3,5-7H,1,4H2,2H3,(H,13,15). The first-order valence-electron chi connectivity index (χ1n) is 5.06. The first-order valence-corrected chi connectivity index (χ1v) is 5.87. The molecule has 0 aliphatic carbocycles. The van der Waals surface area contributed by atoms with Crippen LogP contribution < -0.4 is 5.32 Å². The molecule has 1 aromatic carbocycles. The molecule has 2 rings (SSSR count). The molecule has 3 nitrogen and oxygen atoms in total. The van der Waals surface area contributed by atoms with Crippen molar-refractivity contribution in [2.75, 3.05) is 5.32 Å². The molecule has 0 aliphatic heterocycles. The van der Waals surface area contributed by atoms with E-state index in [4.69, 9.17) is 0 Å². The normalized spacial score (nSPS) is 10.3. The third-order valence-corrected chi connectivity index (χ3v) is 3.35. The number of anilines is 1. The molecular weight excluding hydrogens is 220 g/mol. The molecule has 0 fully saturated rings. The molecule has 1 N–H and O–H groups in total. The summed E-state index contributed by atoms with van der Waals surface area (Å²) in [5.74, 6) is -0.195. The third kappa shape index (κ3) is 2.12. The molecule has 0 spiro atoms. The lowest BCUT2D eigenvalue weighted by atomic mass is 10.3. The second-order valence-corrected chi connectivity index (χ2v) is 4.45. The van der Waals surface area contributed by atoms with Crippen LogP contribution in [-0.2, 0) is 11.2 Å². The summed E-state index contributed by atoms with van der Waals surface area (Å²) in [5.41, 5.74) is 1.77. The van der Waals surface area contributed by atoms with Crippen LogP contribution in [0.2, 0.25) is 0 Å². The van der Waals surface area contributed by atoms with Crippen LogP contribution in [0.15, 0.2) is 30.9 Å². The van der Waals surface area contributed by atoms with Crippen LogP contribution in [0.5, 0.6) is 0 Å². The monoisotopic (exact) mass is 232 g/mol. The van der Waals surface area contributed by atoms with E-state index in [1.54, 1.807) is 11.3 Å². The third-order valence-electron chi connectivity index (χ3n) is 2.19. The molecule has 0 aliphatic rings. The topological polar surface area (TPSA) is 42.0 Å². The zero-order valence-corrected chi connectivity index (χ0v) is 9.80. The number of benzene rings is 1. The number of fused-ring (bicyclic) bond motifs is 1. The maximum Gasteiger partial charge on any atom is 0.247 e. The van der Waals surface area contributed by atoms with Crippen LogP contribution in [0.3, 0.4) is 0 Å². The number of nitrogens with zero attached hydrogens (tertiary/aromatic N) is 1. The Morgan fingerprint density at radius 3 is 3.12 bits per heavy atom. The number of rotatable bonds is 3. The van der Waals surface area contributed by atoms with E-state index in [2.05, 4.69) is 23.8 Å². The number of thiazole rings is 1. The Kier molecular flexibility index (Phi) is 3.01. The van der Waals surface area contributed by atoms with Gasteiger partial charge in [0.2, 0.25) is 5.91 Å². The summed E-state index contributed by atoms with van der Waals surface area (Å²) in [7, 11) is 0. The highest BCUT2D eigenvalue weighted by atomic mass is 32.1. The Labute approximate surface area is 97.8 Å².